The molecule has 0 saturated carbocycles. The van der Waals surface area contributed by atoms with Crippen molar-refractivity contribution in [3.05, 3.63) is 60.8 Å². The molecule has 300 valence electrons. The van der Waals surface area contributed by atoms with Crippen molar-refractivity contribution in [1.29, 1.82) is 0 Å². The Kier molecular flexibility index (Phi) is 28.4. The molecule has 0 rings (SSSR count). The van der Waals surface area contributed by atoms with E-state index < -0.39 is 51.7 Å². The normalized spacial score (nSPS) is 10.9. The van der Waals surface area contributed by atoms with E-state index in [0.717, 1.165) is 0 Å². The van der Waals surface area contributed by atoms with E-state index in [2.05, 4.69) is 106 Å². The van der Waals surface area contributed by atoms with Crippen LogP contribution < -0.4 is 0 Å². The number of carbonyl (C=O) groups is 5. The summed E-state index contributed by atoms with van der Waals surface area (Å²) in [5.41, 5.74) is 1.66. The lowest BCUT2D eigenvalue weighted by molar-refractivity contribution is -0.147. The summed E-state index contributed by atoms with van der Waals surface area (Å²) < 4.78 is 38.6. The summed E-state index contributed by atoms with van der Waals surface area (Å²) in [5.74, 6) is -2.61. The van der Waals surface area contributed by atoms with E-state index in [0.29, 0.717) is 41.4 Å². The minimum atomic E-state index is -2.83. The smallest absolute Gasteiger partial charge is 0.469 e. The Labute approximate surface area is 316 Å². The molecule has 0 aromatic carbocycles. The predicted molar refractivity (Wildman–Crippen MR) is 215 cm³/mol. The fraction of sp³-hybridized carbons (Fsp3) is 0.571. The Balaban J connectivity index is -0.000000354. The molecule has 0 heterocycles. The lowest BCUT2D eigenvalue weighted by Gasteiger charge is -2.42. The van der Waals surface area contributed by atoms with Gasteiger partial charge in [0.2, 0.25) is 0 Å². The number of carbonyl (C=O) groups excluding carboxylic acids is 4. The van der Waals surface area contributed by atoms with Crippen molar-refractivity contribution in [3.8, 4) is 0 Å². The van der Waals surface area contributed by atoms with Crippen molar-refractivity contribution in [2.45, 2.75) is 106 Å². The van der Waals surface area contributed by atoms with Crippen LogP contribution in [0.2, 0.25) is 65.0 Å². The fourth-order valence-electron chi connectivity index (χ4n) is 2.88. The maximum absolute atomic E-state index is 11.6. The molecular formula is C35H66O13Si4. The highest BCUT2D eigenvalue weighted by atomic mass is 28.5. The molecule has 0 aliphatic rings. The average molecular weight is 807 g/mol. The standard InChI is InChI=1S/C16H38O5Si4.C10H14O4.C5H8O2.C4H6O2/c1-15(2)16(17)18-13-12-14-25(19-22(3,4)5,20-23(6,7)8)21-24(9,10)11;1-7(2)9(11)13-5-6-14-10(12)8(3)4;1-4(2)5(6)7-3;1-3(2)4(5)6/h1,12-14H2,2-11H3;1,3,5-6H2,2,4H3;1H2,2-3H3;1H2,2H3,(H,5,6). The van der Waals surface area contributed by atoms with E-state index in [9.17, 15) is 24.0 Å². The van der Waals surface area contributed by atoms with E-state index >= 15 is 0 Å². The number of hydrogen-bond acceptors (Lipinski definition) is 12. The van der Waals surface area contributed by atoms with Crippen LogP contribution in [-0.4, -0.2) is 95.6 Å². The largest absolute Gasteiger partial charge is 0.478 e. The number of carboxylic acids is 1. The molecular weight excluding hydrogens is 741 g/mol. The lowest BCUT2D eigenvalue weighted by Crippen LogP contribution is -2.60. The van der Waals surface area contributed by atoms with Gasteiger partial charge in [-0.3, -0.25) is 0 Å². The third kappa shape index (κ3) is 36.6. The molecule has 0 spiro atoms. The first-order valence-electron chi connectivity index (χ1n) is 16.4. The number of rotatable bonds is 18. The number of esters is 4. The van der Waals surface area contributed by atoms with Crippen LogP contribution in [0, 0.1) is 0 Å². The molecule has 0 aliphatic carbocycles. The second kappa shape index (κ2) is 26.5. The third-order valence-electron chi connectivity index (χ3n) is 4.74. The van der Waals surface area contributed by atoms with Crippen molar-refractivity contribution >= 4 is 63.6 Å². The van der Waals surface area contributed by atoms with Gasteiger partial charge in [-0.05, 0) is 100.0 Å². The highest BCUT2D eigenvalue weighted by Gasteiger charge is 2.49. The zero-order valence-electron chi connectivity index (χ0n) is 34.4. The van der Waals surface area contributed by atoms with Gasteiger partial charge in [0.25, 0.3) is 0 Å². The van der Waals surface area contributed by atoms with Gasteiger partial charge in [0, 0.05) is 33.9 Å². The summed E-state index contributed by atoms with van der Waals surface area (Å²) in [5, 5.41) is 7.89. The van der Waals surface area contributed by atoms with Crippen LogP contribution in [0.5, 0.6) is 0 Å². The molecule has 0 bridgehead atoms. The first-order valence-corrected chi connectivity index (χ1v) is 28.6. The number of hydrogen-bond donors (Lipinski definition) is 1. The van der Waals surface area contributed by atoms with Crippen LogP contribution in [0.1, 0.15) is 41.0 Å². The van der Waals surface area contributed by atoms with Crippen molar-refractivity contribution in [3.63, 3.8) is 0 Å². The first-order chi connectivity index (χ1) is 23.2. The van der Waals surface area contributed by atoms with E-state index in [1.807, 2.05) is 0 Å². The molecule has 0 atom stereocenters. The van der Waals surface area contributed by atoms with E-state index in [4.69, 9.17) is 22.2 Å². The SMILES string of the molecule is C=C(C)C(=O)O.C=C(C)C(=O)OC.C=C(C)C(=O)OCCC[Si](O[Si](C)(C)C)(O[Si](C)(C)C)O[Si](C)(C)C.C=C(C)C(=O)OCCOC(=O)C(=C)C. The monoisotopic (exact) mass is 806 g/mol. The van der Waals surface area contributed by atoms with Crippen LogP contribution in [0.4, 0.5) is 0 Å². The van der Waals surface area contributed by atoms with Gasteiger partial charge in [-0.2, -0.15) is 0 Å². The number of ether oxygens (including phenoxy) is 4. The quantitative estimate of drug-likeness (QED) is 0.0473. The van der Waals surface area contributed by atoms with Crippen LogP contribution in [0.25, 0.3) is 0 Å². The van der Waals surface area contributed by atoms with Gasteiger partial charge in [-0.25, -0.2) is 24.0 Å². The van der Waals surface area contributed by atoms with Gasteiger partial charge >= 0.3 is 38.7 Å². The first kappa shape index (κ1) is 55.6. The Morgan fingerprint density at radius 1 is 0.481 bits per heavy atom. The van der Waals surface area contributed by atoms with Crippen LogP contribution in [-0.2, 0) is 55.3 Å². The maximum atomic E-state index is 11.6. The highest BCUT2D eigenvalue weighted by Crippen LogP contribution is 2.30. The van der Waals surface area contributed by atoms with Gasteiger partial charge in [-0.1, -0.05) is 32.9 Å². The molecule has 0 fully saturated rings. The second-order valence-corrected chi connectivity index (χ2v) is 31.5. The van der Waals surface area contributed by atoms with Gasteiger partial charge in [0.1, 0.15) is 13.2 Å². The third-order valence-corrected chi connectivity index (χ3v) is 16.8. The van der Waals surface area contributed by atoms with E-state index in [-0.39, 0.29) is 30.7 Å². The lowest BCUT2D eigenvalue weighted by atomic mass is 10.4. The number of methoxy groups -OCH3 is 1. The number of carboxylic acid groups (broad SMARTS) is 1. The number of aliphatic carboxylic acids is 1. The molecule has 0 radical (unpaired) electrons. The van der Waals surface area contributed by atoms with Gasteiger partial charge < -0.3 is 36.4 Å². The Morgan fingerprint density at radius 3 is 0.904 bits per heavy atom. The van der Waals surface area contributed by atoms with Crippen LogP contribution in [0.15, 0.2) is 60.8 Å². The summed E-state index contributed by atoms with van der Waals surface area (Å²) >= 11 is 0. The minimum Gasteiger partial charge on any atom is -0.478 e. The summed E-state index contributed by atoms with van der Waals surface area (Å²) in [4.78, 5) is 53.0. The molecule has 0 aromatic rings. The summed E-state index contributed by atoms with van der Waals surface area (Å²) in [7, 11) is -7.07. The summed E-state index contributed by atoms with van der Waals surface area (Å²) in [6, 6.07) is 0.676. The minimum absolute atomic E-state index is 0.0325. The Hall–Kier alpha value is -3.20. The highest BCUT2D eigenvalue weighted by molar-refractivity contribution is 6.90. The molecule has 0 saturated heterocycles. The molecule has 0 aliphatic heterocycles. The van der Waals surface area contributed by atoms with E-state index in [1.165, 1.54) is 14.0 Å². The Bertz CT molecular complexity index is 1170. The average Bonchev–Trinajstić information content (AvgIpc) is 2.94. The fourth-order valence-corrected chi connectivity index (χ4v) is 17.5. The molecule has 52 heavy (non-hydrogen) atoms. The zero-order valence-corrected chi connectivity index (χ0v) is 38.4. The molecule has 0 amide bonds. The van der Waals surface area contributed by atoms with Gasteiger partial charge in [-0.15, -0.1) is 0 Å². The van der Waals surface area contributed by atoms with Crippen molar-refractivity contribution in [2.24, 2.45) is 0 Å². The van der Waals surface area contributed by atoms with Gasteiger partial charge in [0.15, 0.2) is 25.0 Å². The molecule has 0 aromatic heterocycles. The predicted octanol–water partition coefficient (Wildman–Crippen LogP) is 7.60. The summed E-state index contributed by atoms with van der Waals surface area (Å²) in [6.45, 7) is 44.6. The summed E-state index contributed by atoms with van der Waals surface area (Å²) in [6.07, 6.45) is 0.671. The zero-order chi connectivity index (χ0) is 42.3. The van der Waals surface area contributed by atoms with E-state index in [1.54, 1.807) is 27.7 Å². The van der Waals surface area contributed by atoms with Crippen molar-refractivity contribution in [2.75, 3.05) is 26.9 Å². The molecule has 0 unspecified atom stereocenters. The molecule has 17 heteroatoms. The van der Waals surface area contributed by atoms with Gasteiger partial charge in [0.05, 0.1) is 13.7 Å². The second-order valence-electron chi connectivity index (χ2n) is 14.5. The van der Waals surface area contributed by atoms with Crippen molar-refractivity contribution < 1.29 is 60.4 Å². The maximum Gasteiger partial charge on any atom is 0.469 e. The topological polar surface area (TPSA) is 170 Å². The van der Waals surface area contributed by atoms with Crippen LogP contribution in [0.3, 0.4) is 0 Å². The van der Waals surface area contributed by atoms with Crippen LogP contribution >= 0.6 is 0 Å². The molecule has 1 N–H and O–H groups in total. The molecule has 13 nitrogen and oxygen atoms in total. The Morgan fingerprint density at radius 2 is 0.731 bits per heavy atom. The van der Waals surface area contributed by atoms with Crippen molar-refractivity contribution in [1.82, 2.24) is 0 Å².